The number of aromatic nitrogens is 2. The summed E-state index contributed by atoms with van der Waals surface area (Å²) in [6.07, 6.45) is 0. The van der Waals surface area contributed by atoms with Gasteiger partial charge in [0.15, 0.2) is 9.57 Å². The lowest BCUT2D eigenvalue weighted by Gasteiger charge is -2.03. The minimum Gasteiger partial charge on any atom is -0.222 e. The van der Waals surface area contributed by atoms with Gasteiger partial charge >= 0.3 is 5.03 Å². The van der Waals surface area contributed by atoms with Gasteiger partial charge in [-0.05, 0) is 17.2 Å². The molecule has 3 aromatic rings. The molecule has 1 heterocycles. The quantitative estimate of drug-likeness (QED) is 0.630. The Labute approximate surface area is 156 Å². The molecule has 0 radical (unpaired) electrons. The summed E-state index contributed by atoms with van der Waals surface area (Å²) < 4.78 is 49.9. The zero-order valence-corrected chi connectivity index (χ0v) is 15.8. The first-order valence-electron chi connectivity index (χ1n) is 7.97. The van der Waals surface area contributed by atoms with Crippen LogP contribution in [0.2, 0.25) is 0 Å². The second-order valence-electron chi connectivity index (χ2n) is 5.93. The Morgan fingerprint density at radius 2 is 1.15 bits per heavy atom. The van der Waals surface area contributed by atoms with E-state index in [0.717, 1.165) is 12.1 Å². The molecule has 0 aliphatic heterocycles. The van der Waals surface area contributed by atoms with Crippen LogP contribution in [0.4, 0.5) is 0 Å². The van der Waals surface area contributed by atoms with E-state index in [1.165, 1.54) is 0 Å². The first-order valence-corrected chi connectivity index (χ1v) is 11.3. The van der Waals surface area contributed by atoms with E-state index >= 15 is 0 Å². The molecule has 0 aliphatic rings. The van der Waals surface area contributed by atoms with Crippen molar-refractivity contribution in [2.24, 2.45) is 0 Å². The molecular weight excluding hydrogens is 388 g/mol. The van der Waals surface area contributed by atoms with Crippen LogP contribution in [0.3, 0.4) is 0 Å². The Bertz CT molecular complexity index is 1200. The maximum Gasteiger partial charge on any atom is 0.382 e. The topological polar surface area (TPSA) is 107 Å². The molecule has 27 heavy (non-hydrogen) atoms. The van der Waals surface area contributed by atoms with Gasteiger partial charge in [-0.25, -0.2) is 16.8 Å². The van der Waals surface area contributed by atoms with Crippen LogP contribution in [-0.4, -0.2) is 21.9 Å². The third-order valence-corrected chi connectivity index (χ3v) is 7.11. The summed E-state index contributed by atoms with van der Waals surface area (Å²) in [5.41, 5.74) is 1.09. The van der Waals surface area contributed by atoms with Crippen molar-refractivity contribution in [2.45, 2.75) is 21.6 Å². The molecule has 0 aliphatic carbocycles. The molecule has 0 spiro atoms. The second-order valence-corrected chi connectivity index (χ2v) is 9.83. The molecule has 0 saturated heterocycles. The van der Waals surface area contributed by atoms with E-state index in [1.807, 2.05) is 0 Å². The van der Waals surface area contributed by atoms with Gasteiger partial charge in [-0.15, -0.1) is 5.10 Å². The van der Waals surface area contributed by atoms with Crippen molar-refractivity contribution in [1.82, 2.24) is 5.10 Å². The van der Waals surface area contributed by atoms with E-state index in [2.05, 4.69) is 5.10 Å². The van der Waals surface area contributed by atoms with E-state index in [-0.39, 0.29) is 21.1 Å². The number of hydrogen-bond acceptors (Lipinski definition) is 5. The van der Waals surface area contributed by atoms with Gasteiger partial charge in [0.05, 0.1) is 16.4 Å². The molecular formula is C18H17N2O5S2+. The SMILES string of the molecule is O=[n+]1[nH]c(S(=O)(=O)Cc2ccccc2)ccc1S(=O)(=O)Cc1ccccc1. The van der Waals surface area contributed by atoms with Gasteiger partial charge in [0.2, 0.25) is 19.7 Å². The molecule has 0 amide bonds. The molecule has 0 saturated carbocycles. The number of aromatic amines is 1. The molecule has 1 aromatic heterocycles. The fourth-order valence-electron chi connectivity index (χ4n) is 2.55. The van der Waals surface area contributed by atoms with Crippen LogP contribution < -0.4 is 4.54 Å². The van der Waals surface area contributed by atoms with Crippen LogP contribution >= 0.6 is 0 Å². The zero-order valence-electron chi connectivity index (χ0n) is 14.1. The van der Waals surface area contributed by atoms with Crippen molar-refractivity contribution in [2.75, 3.05) is 0 Å². The smallest absolute Gasteiger partial charge is 0.222 e. The molecule has 3 rings (SSSR count). The van der Waals surface area contributed by atoms with Crippen molar-refractivity contribution in [1.29, 1.82) is 0 Å². The third kappa shape index (κ3) is 4.50. The van der Waals surface area contributed by atoms with E-state index < -0.39 is 24.7 Å². The maximum atomic E-state index is 12.5. The number of sulfone groups is 2. The summed E-state index contributed by atoms with van der Waals surface area (Å²) in [5.74, 6) is -0.666. The van der Waals surface area contributed by atoms with Crippen LogP contribution in [0.5, 0.6) is 0 Å². The highest BCUT2D eigenvalue weighted by atomic mass is 32.2. The molecule has 7 nitrogen and oxygen atoms in total. The van der Waals surface area contributed by atoms with E-state index in [0.29, 0.717) is 11.1 Å². The highest BCUT2D eigenvalue weighted by molar-refractivity contribution is 7.90. The summed E-state index contributed by atoms with van der Waals surface area (Å²) in [5, 5.41) is 1.24. The number of hydrogen-bond donors (Lipinski definition) is 1. The number of H-pyrrole nitrogens is 1. The van der Waals surface area contributed by atoms with Gasteiger partial charge in [0, 0.05) is 6.07 Å². The van der Waals surface area contributed by atoms with Crippen molar-refractivity contribution in [3.63, 3.8) is 0 Å². The van der Waals surface area contributed by atoms with Crippen molar-refractivity contribution < 1.29 is 21.4 Å². The molecule has 0 fully saturated rings. The molecule has 2 aromatic carbocycles. The van der Waals surface area contributed by atoms with Crippen molar-refractivity contribution >= 4 is 19.7 Å². The Morgan fingerprint density at radius 3 is 1.63 bits per heavy atom. The van der Waals surface area contributed by atoms with Crippen molar-refractivity contribution in [3.05, 3.63) is 88.8 Å². The average Bonchev–Trinajstić information content (AvgIpc) is 2.62. The first-order chi connectivity index (χ1) is 12.8. The van der Waals surface area contributed by atoms with Gasteiger partial charge in [0.1, 0.15) is 0 Å². The van der Waals surface area contributed by atoms with Crippen LogP contribution in [0.15, 0.2) is 82.8 Å². The number of nitrogens with one attached hydrogen (secondary N) is 1. The molecule has 1 N–H and O–H groups in total. The lowest BCUT2D eigenvalue weighted by atomic mass is 10.2. The second kappa shape index (κ2) is 7.45. The van der Waals surface area contributed by atoms with Crippen LogP contribution in [-0.2, 0) is 31.2 Å². The minimum absolute atomic E-state index is 0.0177. The molecule has 0 unspecified atom stereocenters. The van der Waals surface area contributed by atoms with E-state index in [4.69, 9.17) is 0 Å². The average molecular weight is 405 g/mol. The van der Waals surface area contributed by atoms with Gasteiger partial charge in [-0.3, -0.25) is 0 Å². The first kappa shape index (κ1) is 19.0. The number of rotatable bonds is 6. The number of nitrogens with zero attached hydrogens (tertiary/aromatic N) is 1. The molecule has 140 valence electrons. The summed E-state index contributed by atoms with van der Waals surface area (Å²) in [6, 6.07) is 19.0. The fraction of sp³-hybridized carbons (Fsp3) is 0.111. The Balaban J connectivity index is 1.90. The Hall–Kier alpha value is -2.78. The zero-order chi connectivity index (χ0) is 19.5. The molecule has 0 atom stereocenters. The fourth-order valence-corrected chi connectivity index (χ4v) is 5.19. The van der Waals surface area contributed by atoms with Crippen LogP contribution in [0, 0.1) is 4.91 Å². The summed E-state index contributed by atoms with van der Waals surface area (Å²) in [7, 11) is -7.77. The molecule has 9 heteroatoms. The van der Waals surface area contributed by atoms with Gasteiger partial charge < -0.3 is 0 Å². The largest absolute Gasteiger partial charge is 0.382 e. The lowest BCUT2D eigenvalue weighted by Crippen LogP contribution is -2.31. The van der Waals surface area contributed by atoms with E-state index in [9.17, 15) is 21.7 Å². The van der Waals surface area contributed by atoms with Gasteiger partial charge in [-0.2, -0.15) is 0 Å². The highest BCUT2D eigenvalue weighted by Crippen LogP contribution is 2.16. The van der Waals surface area contributed by atoms with Crippen LogP contribution in [0.25, 0.3) is 0 Å². The predicted octanol–water partition coefficient (Wildman–Crippen LogP) is 1.88. The minimum atomic E-state index is -3.94. The monoisotopic (exact) mass is 405 g/mol. The number of benzene rings is 2. The van der Waals surface area contributed by atoms with E-state index in [1.54, 1.807) is 60.7 Å². The maximum absolute atomic E-state index is 12.5. The Morgan fingerprint density at radius 1 is 0.667 bits per heavy atom. The predicted molar refractivity (Wildman–Crippen MR) is 98.8 cm³/mol. The standard InChI is InChI=1S/C18H17N2O5S2/c21-20-18(27(24,25)14-16-9-5-2-6-10-16)12-11-17(19-20)26(22,23)13-15-7-3-1-4-8-15/h1-12H,13-14H2,(H,19,21)/q+1. The van der Waals surface area contributed by atoms with Crippen LogP contribution in [0.1, 0.15) is 11.1 Å². The van der Waals surface area contributed by atoms with Crippen molar-refractivity contribution in [3.8, 4) is 0 Å². The Kier molecular flexibility index (Phi) is 5.24. The summed E-state index contributed by atoms with van der Waals surface area (Å²) in [4.78, 5) is 12.2. The summed E-state index contributed by atoms with van der Waals surface area (Å²) in [6.45, 7) is 0. The third-order valence-electron chi connectivity index (χ3n) is 3.84. The van der Waals surface area contributed by atoms with Gasteiger partial charge in [0.25, 0.3) is 0 Å². The van der Waals surface area contributed by atoms with Gasteiger partial charge in [-0.1, -0.05) is 60.7 Å². The lowest BCUT2D eigenvalue weighted by molar-refractivity contribution is -0.610. The molecule has 0 bridgehead atoms. The highest BCUT2D eigenvalue weighted by Gasteiger charge is 2.29. The normalized spacial score (nSPS) is 12.0. The summed E-state index contributed by atoms with van der Waals surface area (Å²) >= 11 is 0.